The first kappa shape index (κ1) is 24.0. The van der Waals surface area contributed by atoms with Gasteiger partial charge in [-0.15, -0.1) is 0 Å². The van der Waals surface area contributed by atoms with Gasteiger partial charge in [0.1, 0.15) is 11.5 Å². The van der Waals surface area contributed by atoms with E-state index >= 15 is 0 Å². The largest absolute Gasteiger partial charge is 0.419 e. The number of nitrogens with zero attached hydrogens (tertiary/aromatic N) is 4. The van der Waals surface area contributed by atoms with E-state index in [9.17, 15) is 32.3 Å². The lowest BCUT2D eigenvalue weighted by Crippen LogP contribution is -2.40. The number of anilines is 1. The van der Waals surface area contributed by atoms with Crippen molar-refractivity contribution in [1.82, 2.24) is 19.6 Å². The van der Waals surface area contributed by atoms with Crippen LogP contribution >= 0.6 is 0 Å². The molecule has 2 N–H and O–H groups in total. The first-order valence-electron chi connectivity index (χ1n) is 10.9. The van der Waals surface area contributed by atoms with Crippen molar-refractivity contribution in [3.05, 3.63) is 46.5 Å². The summed E-state index contributed by atoms with van der Waals surface area (Å²) in [6, 6.07) is 1.59. The quantitative estimate of drug-likeness (QED) is 0.657. The van der Waals surface area contributed by atoms with Gasteiger partial charge in [0.05, 0.1) is 23.9 Å². The summed E-state index contributed by atoms with van der Waals surface area (Å²) in [6.07, 6.45) is -4.59. The molecule has 0 saturated heterocycles. The lowest BCUT2D eigenvalue weighted by Gasteiger charge is -2.28. The van der Waals surface area contributed by atoms with E-state index in [2.05, 4.69) is 10.4 Å². The maximum Gasteiger partial charge on any atom is 0.419 e. The van der Waals surface area contributed by atoms with Crippen molar-refractivity contribution in [2.75, 3.05) is 25.5 Å². The molecule has 1 aromatic carbocycles. The molecule has 0 saturated carbocycles. The first-order valence-corrected chi connectivity index (χ1v) is 10.9. The van der Waals surface area contributed by atoms with Crippen molar-refractivity contribution in [3.63, 3.8) is 0 Å². The maximum absolute atomic E-state index is 13.5. The Morgan fingerprint density at radius 3 is 2.74 bits per heavy atom. The van der Waals surface area contributed by atoms with Crippen molar-refractivity contribution in [2.24, 2.45) is 5.92 Å². The minimum atomic E-state index is -4.89. The molecule has 12 heteroatoms. The van der Waals surface area contributed by atoms with Gasteiger partial charge in [0.15, 0.2) is 0 Å². The van der Waals surface area contributed by atoms with E-state index in [1.54, 1.807) is 11.7 Å². The van der Waals surface area contributed by atoms with Gasteiger partial charge in [-0.05, 0) is 24.6 Å². The van der Waals surface area contributed by atoms with Crippen molar-refractivity contribution in [2.45, 2.75) is 45.1 Å². The van der Waals surface area contributed by atoms with Crippen LogP contribution in [0, 0.1) is 11.7 Å². The molecule has 0 fully saturated rings. The molecule has 1 aromatic heterocycles. The predicted octanol–water partition coefficient (Wildman–Crippen LogP) is 3.10. The maximum atomic E-state index is 13.5. The number of hydrogen-bond acceptors (Lipinski definition) is 4. The van der Waals surface area contributed by atoms with Crippen LogP contribution in [-0.4, -0.2) is 62.9 Å². The number of fused-ring (bicyclic) bond motifs is 3. The molecule has 2 unspecified atom stereocenters. The van der Waals surface area contributed by atoms with Crippen LogP contribution in [0.3, 0.4) is 0 Å². The van der Waals surface area contributed by atoms with Gasteiger partial charge in [0, 0.05) is 50.3 Å². The Balaban J connectivity index is 1.56. The van der Waals surface area contributed by atoms with Gasteiger partial charge in [-0.25, -0.2) is 9.18 Å². The molecule has 2 aromatic rings. The molecular formula is C22H25F4N5O3. The molecule has 3 amide bonds. The molecule has 0 aliphatic carbocycles. The highest BCUT2D eigenvalue weighted by atomic mass is 19.4. The van der Waals surface area contributed by atoms with Crippen LogP contribution in [0.1, 0.15) is 40.7 Å². The molecule has 2 aliphatic heterocycles. The number of aliphatic hydroxyl groups excluding tert-OH is 1. The van der Waals surface area contributed by atoms with Gasteiger partial charge in [0.2, 0.25) is 0 Å². The van der Waals surface area contributed by atoms with E-state index in [0.29, 0.717) is 55.0 Å². The molecule has 0 spiro atoms. The number of nitrogens with one attached hydrogen (secondary N) is 1. The Morgan fingerprint density at radius 1 is 1.32 bits per heavy atom. The second-order valence-electron chi connectivity index (χ2n) is 8.67. The van der Waals surface area contributed by atoms with Gasteiger partial charge >= 0.3 is 12.2 Å². The smallest absolute Gasteiger partial charge is 0.393 e. The van der Waals surface area contributed by atoms with Crippen LogP contribution in [-0.2, 0) is 25.7 Å². The number of carbonyl (C=O) groups is 2. The molecule has 0 bridgehead atoms. The zero-order valence-electron chi connectivity index (χ0n) is 18.7. The third-order valence-electron chi connectivity index (χ3n) is 6.34. The number of rotatable bonds is 3. The lowest BCUT2D eigenvalue weighted by molar-refractivity contribution is -0.139. The predicted molar refractivity (Wildman–Crippen MR) is 114 cm³/mol. The third kappa shape index (κ3) is 4.46. The zero-order valence-corrected chi connectivity index (χ0v) is 18.7. The highest BCUT2D eigenvalue weighted by Gasteiger charge is 2.37. The molecule has 4 rings (SSSR count). The lowest BCUT2D eigenvalue weighted by atomic mass is 10.0. The Morgan fingerprint density at radius 2 is 2.06 bits per heavy atom. The Hall–Kier alpha value is -3.15. The van der Waals surface area contributed by atoms with Crippen LogP contribution in [0.2, 0.25) is 0 Å². The number of halogens is 4. The number of hydrogen-bond donors (Lipinski definition) is 2. The molecule has 184 valence electrons. The summed E-state index contributed by atoms with van der Waals surface area (Å²) in [4.78, 5) is 28.8. The average molecular weight is 483 g/mol. The van der Waals surface area contributed by atoms with Gasteiger partial charge in [-0.3, -0.25) is 9.48 Å². The molecule has 3 heterocycles. The number of carbonyl (C=O) groups excluding carboxylic acids is 2. The summed E-state index contributed by atoms with van der Waals surface area (Å²) < 4.78 is 54.1. The van der Waals surface area contributed by atoms with Crippen molar-refractivity contribution in [3.8, 4) is 0 Å². The SMILES string of the molecule is CCC(O)C1CN(C)C(=O)c2c3c(nn2C1)CCN(C(=O)Nc1ccc(F)c(C(F)(F)F)c1)C3. The molecule has 0 radical (unpaired) electrons. The number of aromatic nitrogens is 2. The van der Waals surface area contributed by atoms with Crippen molar-refractivity contribution < 1.29 is 32.3 Å². The molecular weight excluding hydrogens is 458 g/mol. The summed E-state index contributed by atoms with van der Waals surface area (Å²) in [5.74, 6) is -1.89. The normalized spacial score (nSPS) is 19.4. The van der Waals surface area contributed by atoms with Crippen molar-refractivity contribution in [1.29, 1.82) is 0 Å². The van der Waals surface area contributed by atoms with E-state index in [4.69, 9.17) is 0 Å². The van der Waals surface area contributed by atoms with Crippen molar-refractivity contribution >= 4 is 17.6 Å². The minimum absolute atomic E-state index is 0.0460. The fraction of sp³-hybridized carbons (Fsp3) is 0.500. The monoisotopic (exact) mass is 483 g/mol. The minimum Gasteiger partial charge on any atom is -0.393 e. The standard InChI is InChI=1S/C22H25F4N5O3/c1-3-18(32)12-9-29(2)20(33)19-14-11-30(7-6-17(14)28-31(19)10-12)21(34)27-13-4-5-16(23)15(8-13)22(24,25)26/h4-5,8,12,18,32H,3,6-7,9-11H2,1-2H3,(H,27,34). The Bertz CT molecular complexity index is 1120. The topological polar surface area (TPSA) is 90.7 Å². The number of urea groups is 1. The van der Waals surface area contributed by atoms with Crippen LogP contribution in [0.25, 0.3) is 0 Å². The third-order valence-corrected chi connectivity index (χ3v) is 6.34. The number of benzene rings is 1. The van der Waals surface area contributed by atoms with Gasteiger partial charge < -0.3 is 20.2 Å². The van der Waals surface area contributed by atoms with E-state index in [-0.39, 0.29) is 30.6 Å². The van der Waals surface area contributed by atoms with E-state index in [0.717, 1.165) is 6.07 Å². The second kappa shape index (κ2) is 8.90. The second-order valence-corrected chi connectivity index (χ2v) is 8.67. The van der Waals surface area contributed by atoms with E-state index < -0.39 is 29.7 Å². The fourth-order valence-corrected chi connectivity index (χ4v) is 4.47. The number of aliphatic hydroxyl groups is 1. The van der Waals surface area contributed by atoms with Gasteiger partial charge in [-0.2, -0.15) is 18.3 Å². The molecule has 2 atom stereocenters. The Kier molecular flexibility index (Phi) is 6.28. The van der Waals surface area contributed by atoms with Crippen LogP contribution in [0.15, 0.2) is 18.2 Å². The highest BCUT2D eigenvalue weighted by Crippen LogP contribution is 2.33. The fourth-order valence-electron chi connectivity index (χ4n) is 4.47. The van der Waals surface area contributed by atoms with Crippen LogP contribution < -0.4 is 5.32 Å². The highest BCUT2D eigenvalue weighted by molar-refractivity contribution is 5.95. The summed E-state index contributed by atoms with van der Waals surface area (Å²) in [6.45, 7) is 2.87. The zero-order chi connectivity index (χ0) is 24.8. The first-order chi connectivity index (χ1) is 16.0. The van der Waals surface area contributed by atoms with Crippen LogP contribution in [0.5, 0.6) is 0 Å². The number of alkyl halides is 3. The van der Waals surface area contributed by atoms with Crippen LogP contribution in [0.4, 0.5) is 28.0 Å². The number of amides is 3. The summed E-state index contributed by atoms with van der Waals surface area (Å²) in [7, 11) is 1.65. The Labute approximate surface area is 193 Å². The molecule has 2 aliphatic rings. The molecule has 8 nitrogen and oxygen atoms in total. The van der Waals surface area contributed by atoms with Gasteiger partial charge in [0.25, 0.3) is 5.91 Å². The average Bonchev–Trinajstić information content (AvgIpc) is 3.08. The van der Waals surface area contributed by atoms with E-state index in [1.807, 2.05) is 6.92 Å². The van der Waals surface area contributed by atoms with Gasteiger partial charge in [-0.1, -0.05) is 6.92 Å². The molecule has 34 heavy (non-hydrogen) atoms. The summed E-state index contributed by atoms with van der Waals surface area (Å²) >= 11 is 0. The van der Waals surface area contributed by atoms with E-state index in [1.165, 1.54) is 9.80 Å². The summed E-state index contributed by atoms with van der Waals surface area (Å²) in [5, 5.41) is 17.3. The summed E-state index contributed by atoms with van der Waals surface area (Å²) in [5.41, 5.74) is -0.0494.